The predicted octanol–water partition coefficient (Wildman–Crippen LogP) is 3.57. The summed E-state index contributed by atoms with van der Waals surface area (Å²) in [5.41, 5.74) is 1.73. The molecule has 0 bridgehead atoms. The van der Waals surface area contributed by atoms with Crippen LogP contribution in [0.5, 0.6) is 0 Å². The molecule has 0 saturated carbocycles. The number of ether oxygens (including phenoxy) is 1. The molecule has 1 aliphatic heterocycles. The smallest absolute Gasteiger partial charge is 0.343 e. The third-order valence-electron chi connectivity index (χ3n) is 4.09. The predicted molar refractivity (Wildman–Crippen MR) is 84.9 cm³/mol. The molecule has 1 N–H and O–H groups in total. The summed E-state index contributed by atoms with van der Waals surface area (Å²) in [5, 5.41) is 7.88. The van der Waals surface area contributed by atoms with Crippen LogP contribution < -0.4 is 5.32 Å². The van der Waals surface area contributed by atoms with Gasteiger partial charge in [0.2, 0.25) is 0 Å². The molecule has 3 rings (SSSR count). The second-order valence-electron chi connectivity index (χ2n) is 5.61. The van der Waals surface area contributed by atoms with Gasteiger partial charge in [-0.05, 0) is 32.3 Å². The van der Waals surface area contributed by atoms with Crippen LogP contribution in [0.2, 0.25) is 0 Å². The first-order valence-corrected chi connectivity index (χ1v) is 7.76. The van der Waals surface area contributed by atoms with Crippen LogP contribution >= 0.6 is 0 Å². The van der Waals surface area contributed by atoms with E-state index in [1.807, 2.05) is 29.8 Å². The average molecular weight is 299 g/mol. The molecule has 5 heteroatoms. The molecule has 1 aromatic heterocycles. The first-order chi connectivity index (χ1) is 10.7. The largest absolute Gasteiger partial charge is 0.462 e. The highest BCUT2D eigenvalue weighted by Crippen LogP contribution is 2.34. The number of hydrogen-bond acceptors (Lipinski definition) is 4. The van der Waals surface area contributed by atoms with E-state index in [0.29, 0.717) is 12.2 Å². The number of esters is 1. The van der Waals surface area contributed by atoms with Crippen molar-refractivity contribution in [2.45, 2.75) is 38.8 Å². The number of hydrogen-bond donors (Lipinski definition) is 1. The highest BCUT2D eigenvalue weighted by Gasteiger charge is 2.27. The van der Waals surface area contributed by atoms with Gasteiger partial charge >= 0.3 is 5.97 Å². The standard InChI is InChI=1S/C17H21N3O2/c1-3-22-17(21)14-11-18-20-12(2)9-10-15(19-16(14)20)13-7-5-4-6-8-13/h4-8,11-12,15,19H,3,9-10H2,1-2H3. The van der Waals surface area contributed by atoms with Crippen LogP contribution in [0, 0.1) is 0 Å². The molecule has 22 heavy (non-hydrogen) atoms. The fourth-order valence-electron chi connectivity index (χ4n) is 2.90. The van der Waals surface area contributed by atoms with Gasteiger partial charge < -0.3 is 10.1 Å². The number of rotatable bonds is 3. The lowest BCUT2D eigenvalue weighted by molar-refractivity contribution is 0.0527. The van der Waals surface area contributed by atoms with Gasteiger partial charge in [0, 0.05) is 0 Å². The van der Waals surface area contributed by atoms with Gasteiger partial charge in [0.25, 0.3) is 0 Å². The van der Waals surface area contributed by atoms with Gasteiger partial charge in [0.15, 0.2) is 0 Å². The van der Waals surface area contributed by atoms with Gasteiger partial charge in [-0.1, -0.05) is 30.3 Å². The topological polar surface area (TPSA) is 56.1 Å². The van der Waals surface area contributed by atoms with E-state index in [0.717, 1.165) is 18.7 Å². The number of nitrogens with one attached hydrogen (secondary N) is 1. The molecule has 0 fully saturated rings. The second-order valence-corrected chi connectivity index (χ2v) is 5.61. The Kier molecular flexibility index (Phi) is 4.13. The van der Waals surface area contributed by atoms with Crippen molar-refractivity contribution in [2.75, 3.05) is 11.9 Å². The maximum Gasteiger partial charge on any atom is 0.343 e. The van der Waals surface area contributed by atoms with E-state index in [-0.39, 0.29) is 18.1 Å². The summed E-state index contributed by atoms with van der Waals surface area (Å²) in [4.78, 5) is 12.1. The summed E-state index contributed by atoms with van der Waals surface area (Å²) in [6.07, 6.45) is 3.60. The molecule has 116 valence electrons. The average Bonchev–Trinajstić information content (AvgIpc) is 2.88. The first kappa shape index (κ1) is 14.6. The van der Waals surface area contributed by atoms with E-state index in [1.54, 1.807) is 6.20 Å². The van der Waals surface area contributed by atoms with E-state index < -0.39 is 0 Å². The summed E-state index contributed by atoms with van der Waals surface area (Å²) >= 11 is 0. The Morgan fingerprint density at radius 3 is 2.86 bits per heavy atom. The number of nitrogens with zero attached hydrogens (tertiary/aromatic N) is 2. The van der Waals surface area contributed by atoms with E-state index in [2.05, 4.69) is 29.5 Å². The summed E-state index contributed by atoms with van der Waals surface area (Å²) in [6.45, 7) is 4.30. The third-order valence-corrected chi connectivity index (χ3v) is 4.09. The molecule has 1 aliphatic rings. The summed E-state index contributed by atoms with van der Waals surface area (Å²) < 4.78 is 7.04. The molecular formula is C17H21N3O2. The van der Waals surface area contributed by atoms with E-state index in [9.17, 15) is 4.79 Å². The summed E-state index contributed by atoms with van der Waals surface area (Å²) in [5.74, 6) is 0.439. The van der Waals surface area contributed by atoms with Crippen LogP contribution in [-0.4, -0.2) is 22.4 Å². The molecule has 2 heterocycles. The highest BCUT2D eigenvalue weighted by molar-refractivity contribution is 5.94. The van der Waals surface area contributed by atoms with Crippen molar-refractivity contribution in [1.29, 1.82) is 0 Å². The Bertz CT molecular complexity index is 651. The van der Waals surface area contributed by atoms with Crippen LogP contribution in [0.25, 0.3) is 0 Å². The molecule has 0 spiro atoms. The molecule has 0 aliphatic carbocycles. The van der Waals surface area contributed by atoms with Crippen molar-refractivity contribution >= 4 is 11.8 Å². The molecule has 2 aromatic rings. The summed E-state index contributed by atoms with van der Waals surface area (Å²) in [6, 6.07) is 10.7. The Hall–Kier alpha value is -2.30. The quantitative estimate of drug-likeness (QED) is 0.880. The number of carbonyl (C=O) groups is 1. The van der Waals surface area contributed by atoms with Gasteiger partial charge in [0.05, 0.1) is 24.9 Å². The van der Waals surface area contributed by atoms with Crippen molar-refractivity contribution in [3.8, 4) is 0 Å². The van der Waals surface area contributed by atoms with Crippen molar-refractivity contribution in [3.63, 3.8) is 0 Å². The first-order valence-electron chi connectivity index (χ1n) is 7.76. The molecule has 0 saturated heterocycles. The molecule has 1 aromatic carbocycles. The number of anilines is 1. The van der Waals surface area contributed by atoms with Gasteiger partial charge in [-0.2, -0.15) is 5.10 Å². The molecular weight excluding hydrogens is 278 g/mol. The minimum atomic E-state index is -0.322. The number of aromatic nitrogens is 2. The zero-order valence-electron chi connectivity index (χ0n) is 13.0. The van der Waals surface area contributed by atoms with Crippen molar-refractivity contribution in [1.82, 2.24) is 9.78 Å². The minimum Gasteiger partial charge on any atom is -0.462 e. The number of benzene rings is 1. The lowest BCUT2D eigenvalue weighted by Crippen LogP contribution is -2.14. The van der Waals surface area contributed by atoms with Crippen molar-refractivity contribution < 1.29 is 9.53 Å². The second kappa shape index (κ2) is 6.22. The Balaban J connectivity index is 1.95. The van der Waals surface area contributed by atoms with Gasteiger partial charge in [-0.25, -0.2) is 9.48 Å². The fraction of sp³-hybridized carbons (Fsp3) is 0.412. The van der Waals surface area contributed by atoms with Gasteiger partial charge in [-0.3, -0.25) is 0 Å². The third kappa shape index (κ3) is 2.71. The number of carbonyl (C=O) groups excluding carboxylic acids is 1. The molecule has 0 amide bonds. The fourth-order valence-corrected chi connectivity index (χ4v) is 2.90. The zero-order valence-corrected chi connectivity index (χ0v) is 13.0. The molecule has 5 nitrogen and oxygen atoms in total. The van der Waals surface area contributed by atoms with Crippen LogP contribution in [0.1, 0.15) is 54.7 Å². The number of fused-ring (bicyclic) bond motifs is 1. The van der Waals surface area contributed by atoms with Crippen LogP contribution in [0.3, 0.4) is 0 Å². The Morgan fingerprint density at radius 1 is 1.36 bits per heavy atom. The van der Waals surface area contributed by atoms with Crippen LogP contribution in [-0.2, 0) is 4.74 Å². The lowest BCUT2D eigenvalue weighted by atomic mass is 10.0. The van der Waals surface area contributed by atoms with E-state index in [4.69, 9.17) is 4.74 Å². The Morgan fingerprint density at radius 2 is 2.14 bits per heavy atom. The molecule has 2 unspecified atom stereocenters. The summed E-state index contributed by atoms with van der Waals surface area (Å²) in [7, 11) is 0. The van der Waals surface area contributed by atoms with Crippen molar-refractivity contribution in [3.05, 3.63) is 47.7 Å². The SMILES string of the molecule is CCOC(=O)c1cnn2c1NC(c1ccccc1)CCC2C. The van der Waals surface area contributed by atoms with Crippen molar-refractivity contribution in [2.24, 2.45) is 0 Å². The van der Waals surface area contributed by atoms with E-state index >= 15 is 0 Å². The van der Waals surface area contributed by atoms with Gasteiger partial charge in [-0.15, -0.1) is 0 Å². The van der Waals surface area contributed by atoms with Crippen LogP contribution in [0.4, 0.5) is 5.82 Å². The zero-order chi connectivity index (χ0) is 15.5. The maximum absolute atomic E-state index is 12.1. The monoisotopic (exact) mass is 299 g/mol. The highest BCUT2D eigenvalue weighted by atomic mass is 16.5. The normalized spacial score (nSPS) is 20.6. The molecule has 2 atom stereocenters. The molecule has 0 radical (unpaired) electrons. The lowest BCUT2D eigenvalue weighted by Gasteiger charge is -2.18. The van der Waals surface area contributed by atoms with Crippen LogP contribution in [0.15, 0.2) is 36.5 Å². The van der Waals surface area contributed by atoms with E-state index in [1.165, 1.54) is 5.56 Å². The minimum absolute atomic E-state index is 0.176. The Labute approximate surface area is 130 Å². The maximum atomic E-state index is 12.1. The van der Waals surface area contributed by atoms with Gasteiger partial charge in [0.1, 0.15) is 11.4 Å².